The standard InChI is InChI=1S/C21H26F2N2O/c1-24-9-11-25(12-10-24)8-2-3-17-4-6-21(7-5-17)26-16-18-13-19(22)15-20(23)14-18/h4-7,13-15H,2-3,8-12,16H2,1H3. The molecular formula is C21H26F2N2O. The van der Waals surface area contributed by atoms with Gasteiger partial charge in [0.2, 0.25) is 0 Å². The van der Waals surface area contributed by atoms with Crippen LogP contribution in [0.2, 0.25) is 0 Å². The Balaban J connectivity index is 1.41. The van der Waals surface area contributed by atoms with E-state index in [4.69, 9.17) is 4.74 Å². The number of halogens is 2. The summed E-state index contributed by atoms with van der Waals surface area (Å²) < 4.78 is 32.0. The van der Waals surface area contributed by atoms with E-state index in [2.05, 4.69) is 29.0 Å². The van der Waals surface area contributed by atoms with Crippen molar-refractivity contribution in [3.8, 4) is 5.75 Å². The molecule has 1 fully saturated rings. The number of piperazine rings is 1. The maximum atomic E-state index is 13.2. The fourth-order valence-corrected chi connectivity index (χ4v) is 3.19. The molecule has 0 spiro atoms. The van der Waals surface area contributed by atoms with Crippen LogP contribution in [0.1, 0.15) is 17.5 Å². The minimum absolute atomic E-state index is 0.150. The van der Waals surface area contributed by atoms with Crippen LogP contribution >= 0.6 is 0 Å². The molecule has 0 aromatic heterocycles. The van der Waals surface area contributed by atoms with Gasteiger partial charge in [-0.1, -0.05) is 12.1 Å². The first-order valence-electron chi connectivity index (χ1n) is 9.16. The van der Waals surface area contributed by atoms with Gasteiger partial charge in [0.25, 0.3) is 0 Å². The summed E-state index contributed by atoms with van der Waals surface area (Å²) in [6.07, 6.45) is 2.19. The van der Waals surface area contributed by atoms with Gasteiger partial charge in [0, 0.05) is 32.2 Å². The zero-order chi connectivity index (χ0) is 18.4. The highest BCUT2D eigenvalue weighted by Gasteiger charge is 2.12. The van der Waals surface area contributed by atoms with E-state index in [0.29, 0.717) is 11.3 Å². The normalized spacial score (nSPS) is 16.0. The molecule has 1 heterocycles. The monoisotopic (exact) mass is 360 g/mol. The first-order chi connectivity index (χ1) is 12.6. The Morgan fingerprint density at radius 3 is 2.19 bits per heavy atom. The molecule has 0 aliphatic carbocycles. The van der Waals surface area contributed by atoms with Gasteiger partial charge in [-0.3, -0.25) is 0 Å². The number of hydrogen-bond donors (Lipinski definition) is 0. The van der Waals surface area contributed by atoms with Crippen LogP contribution in [-0.4, -0.2) is 49.6 Å². The average Bonchev–Trinajstić information content (AvgIpc) is 2.62. The number of aryl methyl sites for hydroxylation is 1. The van der Waals surface area contributed by atoms with E-state index in [9.17, 15) is 8.78 Å². The van der Waals surface area contributed by atoms with Gasteiger partial charge in [0.05, 0.1) is 0 Å². The molecule has 1 aliphatic rings. The van der Waals surface area contributed by atoms with Crippen molar-refractivity contribution in [2.45, 2.75) is 19.4 Å². The lowest BCUT2D eigenvalue weighted by Crippen LogP contribution is -2.44. The number of ether oxygens (including phenoxy) is 1. The first kappa shape index (κ1) is 18.8. The minimum Gasteiger partial charge on any atom is -0.489 e. The highest BCUT2D eigenvalue weighted by molar-refractivity contribution is 5.28. The summed E-state index contributed by atoms with van der Waals surface area (Å²) in [5.41, 5.74) is 1.77. The summed E-state index contributed by atoms with van der Waals surface area (Å²) in [6.45, 7) is 5.91. The molecule has 140 valence electrons. The summed E-state index contributed by atoms with van der Waals surface area (Å²) in [5.74, 6) is -0.462. The van der Waals surface area contributed by atoms with E-state index < -0.39 is 11.6 Å². The minimum atomic E-state index is -0.584. The van der Waals surface area contributed by atoms with Crippen molar-refractivity contribution in [2.24, 2.45) is 0 Å². The smallest absolute Gasteiger partial charge is 0.126 e. The Morgan fingerprint density at radius 2 is 1.54 bits per heavy atom. The highest BCUT2D eigenvalue weighted by atomic mass is 19.1. The van der Waals surface area contributed by atoms with Gasteiger partial charge in [-0.25, -0.2) is 8.78 Å². The molecule has 3 rings (SSSR count). The number of benzene rings is 2. The molecule has 0 bridgehead atoms. The molecule has 1 aliphatic heterocycles. The molecule has 26 heavy (non-hydrogen) atoms. The average molecular weight is 360 g/mol. The molecule has 0 amide bonds. The van der Waals surface area contributed by atoms with E-state index in [1.165, 1.54) is 17.7 Å². The summed E-state index contributed by atoms with van der Waals surface area (Å²) in [5, 5.41) is 0. The van der Waals surface area contributed by atoms with Gasteiger partial charge >= 0.3 is 0 Å². The fraction of sp³-hybridized carbons (Fsp3) is 0.429. The molecule has 5 heteroatoms. The lowest BCUT2D eigenvalue weighted by molar-refractivity contribution is 0.153. The van der Waals surface area contributed by atoms with Gasteiger partial charge in [0.1, 0.15) is 24.0 Å². The number of hydrogen-bond acceptors (Lipinski definition) is 3. The zero-order valence-corrected chi connectivity index (χ0v) is 15.3. The summed E-state index contributed by atoms with van der Waals surface area (Å²) >= 11 is 0. The van der Waals surface area contributed by atoms with Gasteiger partial charge < -0.3 is 14.5 Å². The molecule has 2 aromatic rings. The van der Waals surface area contributed by atoms with Gasteiger partial charge in [-0.2, -0.15) is 0 Å². The Hall–Kier alpha value is -1.98. The fourth-order valence-electron chi connectivity index (χ4n) is 3.19. The van der Waals surface area contributed by atoms with E-state index in [1.54, 1.807) is 0 Å². The molecule has 0 saturated carbocycles. The van der Waals surface area contributed by atoms with Crippen molar-refractivity contribution in [3.05, 3.63) is 65.2 Å². The predicted molar refractivity (Wildman–Crippen MR) is 99.4 cm³/mol. The van der Waals surface area contributed by atoms with E-state index in [1.807, 2.05) is 12.1 Å². The molecule has 0 atom stereocenters. The van der Waals surface area contributed by atoms with Crippen LogP contribution in [0.4, 0.5) is 8.78 Å². The van der Waals surface area contributed by atoms with Gasteiger partial charge in [-0.15, -0.1) is 0 Å². The lowest BCUT2D eigenvalue weighted by atomic mass is 10.1. The Kier molecular flexibility index (Phi) is 6.58. The van der Waals surface area contributed by atoms with Crippen molar-refractivity contribution in [1.29, 1.82) is 0 Å². The molecule has 0 N–H and O–H groups in total. The molecular weight excluding hydrogens is 334 g/mol. The molecule has 0 unspecified atom stereocenters. The van der Waals surface area contributed by atoms with Crippen LogP contribution in [0.5, 0.6) is 5.75 Å². The second kappa shape index (κ2) is 9.10. The number of likely N-dealkylation sites (N-methyl/N-ethyl adjacent to an activating group) is 1. The highest BCUT2D eigenvalue weighted by Crippen LogP contribution is 2.16. The summed E-state index contributed by atoms with van der Waals surface area (Å²) in [6, 6.07) is 11.4. The second-order valence-electron chi connectivity index (χ2n) is 6.96. The molecule has 3 nitrogen and oxygen atoms in total. The maximum absolute atomic E-state index is 13.2. The van der Waals surface area contributed by atoms with Crippen molar-refractivity contribution in [3.63, 3.8) is 0 Å². The Bertz CT molecular complexity index is 677. The van der Waals surface area contributed by atoms with Gasteiger partial charge in [-0.05, 0) is 61.8 Å². The third-order valence-electron chi connectivity index (χ3n) is 4.79. The molecule has 2 aromatic carbocycles. The number of nitrogens with zero attached hydrogens (tertiary/aromatic N) is 2. The largest absolute Gasteiger partial charge is 0.489 e. The van der Waals surface area contributed by atoms with E-state index >= 15 is 0 Å². The quantitative estimate of drug-likeness (QED) is 0.748. The Morgan fingerprint density at radius 1 is 0.885 bits per heavy atom. The lowest BCUT2D eigenvalue weighted by Gasteiger charge is -2.32. The molecule has 1 saturated heterocycles. The van der Waals surface area contributed by atoms with E-state index in [0.717, 1.165) is 51.6 Å². The van der Waals surface area contributed by atoms with Crippen LogP contribution in [0.3, 0.4) is 0 Å². The number of rotatable bonds is 7. The van der Waals surface area contributed by atoms with Crippen molar-refractivity contribution < 1.29 is 13.5 Å². The topological polar surface area (TPSA) is 15.7 Å². The van der Waals surface area contributed by atoms with Crippen LogP contribution in [-0.2, 0) is 13.0 Å². The second-order valence-corrected chi connectivity index (χ2v) is 6.96. The van der Waals surface area contributed by atoms with Crippen LogP contribution in [0.25, 0.3) is 0 Å². The van der Waals surface area contributed by atoms with E-state index in [-0.39, 0.29) is 6.61 Å². The SMILES string of the molecule is CN1CCN(CCCc2ccc(OCc3cc(F)cc(F)c3)cc2)CC1. The van der Waals surface area contributed by atoms with Crippen molar-refractivity contribution in [1.82, 2.24) is 9.80 Å². The summed E-state index contributed by atoms with van der Waals surface area (Å²) in [7, 11) is 2.17. The Labute approximate surface area is 154 Å². The molecule has 0 radical (unpaired) electrons. The van der Waals surface area contributed by atoms with Crippen molar-refractivity contribution >= 4 is 0 Å². The first-order valence-corrected chi connectivity index (χ1v) is 9.16. The summed E-state index contributed by atoms with van der Waals surface area (Å²) in [4.78, 5) is 4.89. The van der Waals surface area contributed by atoms with Gasteiger partial charge in [0.15, 0.2) is 0 Å². The predicted octanol–water partition coefficient (Wildman–Crippen LogP) is 3.72. The third kappa shape index (κ3) is 5.78. The van der Waals surface area contributed by atoms with Crippen LogP contribution < -0.4 is 4.74 Å². The third-order valence-corrected chi connectivity index (χ3v) is 4.79. The van der Waals surface area contributed by atoms with Crippen LogP contribution in [0.15, 0.2) is 42.5 Å². The maximum Gasteiger partial charge on any atom is 0.126 e. The van der Waals surface area contributed by atoms with Crippen molar-refractivity contribution in [2.75, 3.05) is 39.8 Å². The van der Waals surface area contributed by atoms with Crippen LogP contribution in [0, 0.1) is 11.6 Å². The zero-order valence-electron chi connectivity index (χ0n) is 15.3.